The van der Waals surface area contributed by atoms with Gasteiger partial charge in [-0.15, -0.1) is 12.4 Å². The number of amides is 1. The van der Waals surface area contributed by atoms with Crippen molar-refractivity contribution in [3.63, 3.8) is 0 Å². The second-order valence-corrected chi connectivity index (χ2v) is 5.51. The van der Waals surface area contributed by atoms with Crippen molar-refractivity contribution in [2.45, 2.75) is 25.3 Å². The van der Waals surface area contributed by atoms with Crippen LogP contribution < -0.4 is 5.32 Å². The zero-order valence-electron chi connectivity index (χ0n) is 11.3. The number of benzene rings is 1. The number of carbonyl (C=O) groups excluding carboxylic acids is 1. The first-order valence-electron chi connectivity index (χ1n) is 6.99. The molecule has 1 unspecified atom stereocenters. The summed E-state index contributed by atoms with van der Waals surface area (Å²) in [6.45, 7) is 2.24. The minimum atomic E-state index is -0.238. The second-order valence-electron chi connectivity index (χ2n) is 5.51. The molecular weight excluding hydrogens is 279 g/mol. The van der Waals surface area contributed by atoms with E-state index in [0.29, 0.717) is 25.4 Å². The van der Waals surface area contributed by atoms with E-state index in [9.17, 15) is 9.18 Å². The fourth-order valence-corrected chi connectivity index (χ4v) is 2.70. The minimum Gasteiger partial charge on any atom is -0.333 e. The molecule has 1 N–H and O–H groups in total. The highest BCUT2D eigenvalue weighted by Crippen LogP contribution is 2.34. The van der Waals surface area contributed by atoms with Crippen molar-refractivity contribution in [3.05, 3.63) is 35.6 Å². The second kappa shape index (κ2) is 6.55. The Hall–Kier alpha value is -1.13. The van der Waals surface area contributed by atoms with E-state index in [-0.39, 0.29) is 30.2 Å². The molecule has 5 heteroatoms. The maximum Gasteiger partial charge on any atom is 0.223 e. The van der Waals surface area contributed by atoms with Gasteiger partial charge in [-0.3, -0.25) is 4.79 Å². The topological polar surface area (TPSA) is 32.3 Å². The van der Waals surface area contributed by atoms with Crippen molar-refractivity contribution in [1.82, 2.24) is 10.2 Å². The fourth-order valence-electron chi connectivity index (χ4n) is 2.70. The van der Waals surface area contributed by atoms with E-state index in [4.69, 9.17) is 0 Å². The van der Waals surface area contributed by atoms with Crippen LogP contribution in [0.4, 0.5) is 4.39 Å². The molecule has 0 bridgehead atoms. The third-order valence-corrected chi connectivity index (χ3v) is 3.96. The number of carbonyl (C=O) groups is 1. The molecule has 3 nitrogen and oxygen atoms in total. The van der Waals surface area contributed by atoms with Gasteiger partial charge in [0, 0.05) is 26.1 Å². The summed E-state index contributed by atoms with van der Waals surface area (Å²) in [6.07, 6.45) is 3.02. The molecule has 1 saturated carbocycles. The standard InChI is InChI=1S/C15H19FN2O.ClH/c16-13-3-1-2-12(9-13)14-10-17-6-7-18(14)15(19)8-11-4-5-11;/h1-3,9,11,14,17H,4-8,10H2;1H. The molecule has 1 saturated heterocycles. The van der Waals surface area contributed by atoms with E-state index < -0.39 is 0 Å². The van der Waals surface area contributed by atoms with Crippen LogP contribution in [0.5, 0.6) is 0 Å². The van der Waals surface area contributed by atoms with Crippen LogP contribution in [0.3, 0.4) is 0 Å². The molecule has 1 aliphatic carbocycles. The van der Waals surface area contributed by atoms with Crippen molar-refractivity contribution < 1.29 is 9.18 Å². The lowest BCUT2D eigenvalue weighted by atomic mass is 10.0. The highest BCUT2D eigenvalue weighted by molar-refractivity contribution is 5.85. The molecule has 0 aromatic heterocycles. The third kappa shape index (κ3) is 3.49. The predicted molar refractivity (Wildman–Crippen MR) is 78.3 cm³/mol. The SMILES string of the molecule is Cl.O=C(CC1CC1)N1CCNCC1c1cccc(F)c1. The monoisotopic (exact) mass is 298 g/mol. The number of rotatable bonds is 3. The molecule has 3 rings (SSSR count). The van der Waals surface area contributed by atoms with Gasteiger partial charge in [0.15, 0.2) is 0 Å². The van der Waals surface area contributed by atoms with Crippen molar-refractivity contribution in [2.75, 3.05) is 19.6 Å². The Bertz CT molecular complexity index is 479. The summed E-state index contributed by atoms with van der Waals surface area (Å²) in [4.78, 5) is 14.2. The van der Waals surface area contributed by atoms with E-state index in [1.54, 1.807) is 6.07 Å². The van der Waals surface area contributed by atoms with E-state index in [2.05, 4.69) is 5.32 Å². The predicted octanol–water partition coefficient (Wildman–Crippen LogP) is 2.52. The van der Waals surface area contributed by atoms with Gasteiger partial charge in [0.2, 0.25) is 5.91 Å². The van der Waals surface area contributed by atoms with Crippen LogP contribution in [-0.2, 0) is 4.79 Å². The van der Waals surface area contributed by atoms with Gasteiger partial charge >= 0.3 is 0 Å². The maximum absolute atomic E-state index is 13.3. The first kappa shape index (κ1) is 15.3. The molecule has 1 atom stereocenters. The highest BCUT2D eigenvalue weighted by atomic mass is 35.5. The molecule has 0 radical (unpaired) electrons. The number of hydrogen-bond acceptors (Lipinski definition) is 2. The Morgan fingerprint density at radius 3 is 2.90 bits per heavy atom. The first-order chi connectivity index (χ1) is 9.24. The lowest BCUT2D eigenvalue weighted by Crippen LogP contribution is -2.48. The van der Waals surface area contributed by atoms with Crippen LogP contribution in [0.15, 0.2) is 24.3 Å². The third-order valence-electron chi connectivity index (χ3n) is 3.96. The number of hydrogen-bond donors (Lipinski definition) is 1. The van der Waals surface area contributed by atoms with Crippen LogP contribution in [0, 0.1) is 11.7 Å². The summed E-state index contributed by atoms with van der Waals surface area (Å²) in [7, 11) is 0. The average Bonchev–Trinajstić information content (AvgIpc) is 3.23. The molecule has 20 heavy (non-hydrogen) atoms. The zero-order chi connectivity index (χ0) is 13.2. The minimum absolute atomic E-state index is 0. The Kier molecular flexibility index (Phi) is 5.00. The van der Waals surface area contributed by atoms with Crippen LogP contribution in [0.1, 0.15) is 30.9 Å². The summed E-state index contributed by atoms with van der Waals surface area (Å²) >= 11 is 0. The normalized spacial score (nSPS) is 22.2. The highest BCUT2D eigenvalue weighted by Gasteiger charge is 2.32. The van der Waals surface area contributed by atoms with Crippen molar-refractivity contribution in [2.24, 2.45) is 5.92 Å². The van der Waals surface area contributed by atoms with Gasteiger partial charge in [0.25, 0.3) is 0 Å². The Morgan fingerprint density at radius 1 is 1.40 bits per heavy atom. The largest absolute Gasteiger partial charge is 0.333 e. The molecule has 1 aliphatic heterocycles. The molecule has 0 spiro atoms. The molecule has 1 aromatic rings. The van der Waals surface area contributed by atoms with Gasteiger partial charge in [-0.25, -0.2) is 4.39 Å². The summed E-state index contributed by atoms with van der Waals surface area (Å²) in [5.74, 6) is 0.575. The summed E-state index contributed by atoms with van der Waals surface area (Å²) in [5, 5.41) is 3.29. The summed E-state index contributed by atoms with van der Waals surface area (Å²) in [6, 6.07) is 6.56. The van der Waals surface area contributed by atoms with Crippen LogP contribution in [0.25, 0.3) is 0 Å². The van der Waals surface area contributed by atoms with E-state index in [0.717, 1.165) is 12.1 Å². The zero-order valence-corrected chi connectivity index (χ0v) is 12.2. The first-order valence-corrected chi connectivity index (χ1v) is 6.99. The number of nitrogens with one attached hydrogen (secondary N) is 1. The maximum atomic E-state index is 13.3. The van der Waals surface area contributed by atoms with Crippen molar-refractivity contribution >= 4 is 18.3 Å². The molecule has 2 fully saturated rings. The van der Waals surface area contributed by atoms with E-state index in [1.165, 1.54) is 25.0 Å². The smallest absolute Gasteiger partial charge is 0.223 e. The average molecular weight is 299 g/mol. The van der Waals surface area contributed by atoms with Gasteiger partial charge in [-0.05, 0) is 36.5 Å². The van der Waals surface area contributed by atoms with Gasteiger partial charge in [0.1, 0.15) is 5.82 Å². The number of halogens is 2. The van der Waals surface area contributed by atoms with Gasteiger partial charge < -0.3 is 10.2 Å². The van der Waals surface area contributed by atoms with Gasteiger partial charge in [0.05, 0.1) is 6.04 Å². The molecule has 1 heterocycles. The van der Waals surface area contributed by atoms with Crippen LogP contribution >= 0.6 is 12.4 Å². The molecule has 110 valence electrons. The molecule has 2 aliphatic rings. The van der Waals surface area contributed by atoms with Crippen molar-refractivity contribution in [1.29, 1.82) is 0 Å². The number of piperazine rings is 1. The molecule has 1 aromatic carbocycles. The fraction of sp³-hybridized carbons (Fsp3) is 0.533. The van der Waals surface area contributed by atoms with Crippen LogP contribution in [0.2, 0.25) is 0 Å². The van der Waals surface area contributed by atoms with Crippen LogP contribution in [-0.4, -0.2) is 30.4 Å². The summed E-state index contributed by atoms with van der Waals surface area (Å²) < 4.78 is 13.3. The van der Waals surface area contributed by atoms with E-state index in [1.807, 2.05) is 11.0 Å². The van der Waals surface area contributed by atoms with Gasteiger partial charge in [-0.1, -0.05) is 12.1 Å². The Labute approximate surface area is 124 Å². The lowest BCUT2D eigenvalue weighted by molar-refractivity contribution is -0.134. The molecule has 1 amide bonds. The summed E-state index contributed by atoms with van der Waals surface area (Å²) in [5.41, 5.74) is 0.886. The molecular formula is C15H20ClFN2O. The Balaban J connectivity index is 0.00000147. The van der Waals surface area contributed by atoms with Crippen molar-refractivity contribution in [3.8, 4) is 0 Å². The number of nitrogens with zero attached hydrogens (tertiary/aromatic N) is 1. The Morgan fingerprint density at radius 2 is 2.20 bits per heavy atom. The van der Waals surface area contributed by atoms with Gasteiger partial charge in [-0.2, -0.15) is 0 Å². The lowest BCUT2D eigenvalue weighted by Gasteiger charge is -2.36. The quantitative estimate of drug-likeness (QED) is 0.930. The van der Waals surface area contributed by atoms with E-state index >= 15 is 0 Å².